The van der Waals surface area contributed by atoms with Gasteiger partial charge < -0.3 is 45.6 Å². The van der Waals surface area contributed by atoms with E-state index in [4.69, 9.17) is 9.47 Å². The number of aliphatic hydroxyl groups is 1. The van der Waals surface area contributed by atoms with Crippen LogP contribution in [0.3, 0.4) is 0 Å². The first-order chi connectivity index (χ1) is 25.1. The van der Waals surface area contributed by atoms with Gasteiger partial charge in [0, 0.05) is 24.6 Å². The van der Waals surface area contributed by atoms with Crippen molar-refractivity contribution in [2.75, 3.05) is 19.0 Å². The number of Topliss-reactive ketones (excluding diaryl/α,β-unsaturated/α-hetero) is 1. The second kappa shape index (κ2) is 16.8. The van der Waals surface area contributed by atoms with Crippen molar-refractivity contribution in [1.82, 2.24) is 5.32 Å². The summed E-state index contributed by atoms with van der Waals surface area (Å²) in [7, 11) is 1.48. The van der Waals surface area contributed by atoms with E-state index in [0.29, 0.717) is 43.5 Å². The minimum atomic E-state index is -0.955. The highest BCUT2D eigenvalue weighted by atomic mass is 16.5. The van der Waals surface area contributed by atoms with Gasteiger partial charge in [0.05, 0.1) is 19.3 Å². The molecule has 52 heavy (non-hydrogen) atoms. The monoisotopic (exact) mass is 708 g/mol. The maximum atomic E-state index is 14.0. The fraction of sp³-hybridized carbons (Fsp3) is 0.357. The average molecular weight is 709 g/mol. The van der Waals surface area contributed by atoms with Crippen LogP contribution in [0.5, 0.6) is 34.5 Å². The van der Waals surface area contributed by atoms with Gasteiger partial charge >= 0.3 is 0 Å². The van der Waals surface area contributed by atoms with Gasteiger partial charge in [-0.1, -0.05) is 30.7 Å². The van der Waals surface area contributed by atoms with Gasteiger partial charge in [-0.05, 0) is 133 Å². The number of hydrogen-bond donors (Lipinski definition) is 7. The summed E-state index contributed by atoms with van der Waals surface area (Å²) in [6.45, 7) is 0.538. The predicted molar refractivity (Wildman–Crippen MR) is 201 cm³/mol. The van der Waals surface area contributed by atoms with Crippen LogP contribution in [0.15, 0.2) is 90.3 Å². The standard InChI is InChI=1S/C42H48N2O8/c1-51-39-21-26(8-16-37(39)48)7-14-35(46)34(36(47)15-9-27-20-38(49)42(50)40(22-27)52-33-5-3-2-4-6-33)19-28-17-18-43-41(23-28)44-31-12-10-30-25-32(45)13-11-29(30)24-31/h8,10-13,16-17,20-25,33-35,43-46,48-50H,2-7,9,14-15,18-19H2,1H3/t34-,35-/m1/s1. The highest BCUT2D eigenvalue weighted by Crippen LogP contribution is 2.39. The van der Waals surface area contributed by atoms with Crippen molar-refractivity contribution in [3.05, 3.63) is 101 Å². The molecule has 0 unspecified atom stereocenters. The number of dihydropyridines is 1. The number of aromatic hydroxyl groups is 4. The first kappa shape index (κ1) is 36.4. The number of ether oxygens (including phenoxy) is 2. The number of benzene rings is 4. The summed E-state index contributed by atoms with van der Waals surface area (Å²) in [5, 5.41) is 61.1. The quantitative estimate of drug-likeness (QED) is 0.0622. The van der Waals surface area contributed by atoms with Crippen molar-refractivity contribution in [2.45, 2.75) is 76.4 Å². The van der Waals surface area contributed by atoms with Crippen molar-refractivity contribution in [1.29, 1.82) is 0 Å². The number of allylic oxidation sites excluding steroid dienone is 2. The number of phenolic OH excluding ortho intramolecular Hbond substituents is 4. The Morgan fingerprint density at radius 1 is 0.865 bits per heavy atom. The first-order valence-electron chi connectivity index (χ1n) is 18.1. The Labute approximate surface area is 304 Å². The van der Waals surface area contributed by atoms with E-state index in [2.05, 4.69) is 10.6 Å². The molecule has 7 N–H and O–H groups in total. The number of anilines is 1. The summed E-state index contributed by atoms with van der Waals surface area (Å²) in [4.78, 5) is 14.0. The molecule has 1 fully saturated rings. The molecule has 2 atom stereocenters. The molecule has 1 heterocycles. The van der Waals surface area contributed by atoms with Crippen molar-refractivity contribution in [3.63, 3.8) is 0 Å². The van der Waals surface area contributed by atoms with Crippen LogP contribution < -0.4 is 20.1 Å². The molecule has 0 saturated heterocycles. The Morgan fingerprint density at radius 2 is 1.63 bits per heavy atom. The van der Waals surface area contributed by atoms with Crippen molar-refractivity contribution in [3.8, 4) is 34.5 Å². The summed E-state index contributed by atoms with van der Waals surface area (Å²) >= 11 is 0. The molecule has 1 saturated carbocycles. The number of carbonyl (C=O) groups is 1. The minimum absolute atomic E-state index is 0.0228. The SMILES string of the molecule is COc1cc(CC[C@@H](O)[C@@H](CC2=CCNC(Nc3ccc4cc(O)ccc4c3)=C2)C(=O)CCc2cc(O)c(O)c(OC3CCCCC3)c2)ccc1O. The van der Waals surface area contributed by atoms with E-state index in [0.717, 1.165) is 65.5 Å². The Hall–Kier alpha value is -5.35. The molecule has 2 aliphatic rings. The third-order valence-electron chi connectivity index (χ3n) is 10.0. The van der Waals surface area contributed by atoms with E-state index in [1.54, 1.807) is 36.4 Å². The van der Waals surface area contributed by atoms with Crippen molar-refractivity contribution >= 4 is 22.2 Å². The second-order valence-corrected chi connectivity index (χ2v) is 13.8. The Morgan fingerprint density at radius 3 is 2.44 bits per heavy atom. The summed E-state index contributed by atoms with van der Waals surface area (Å²) in [6.07, 6.45) is 9.58. The first-order valence-corrected chi connectivity index (χ1v) is 18.1. The molecule has 0 radical (unpaired) electrons. The van der Waals surface area contributed by atoms with Gasteiger partial charge in [-0.3, -0.25) is 4.79 Å². The number of phenols is 4. The summed E-state index contributed by atoms with van der Waals surface area (Å²) in [5.41, 5.74) is 3.29. The van der Waals surface area contributed by atoms with E-state index in [-0.39, 0.29) is 47.1 Å². The molecule has 0 bridgehead atoms. The zero-order valence-electron chi connectivity index (χ0n) is 29.5. The van der Waals surface area contributed by atoms with Crippen LogP contribution in [0, 0.1) is 5.92 Å². The lowest BCUT2D eigenvalue weighted by Crippen LogP contribution is -2.31. The van der Waals surface area contributed by atoms with Crippen LogP contribution >= 0.6 is 0 Å². The lowest BCUT2D eigenvalue weighted by molar-refractivity contribution is -0.126. The fourth-order valence-electron chi connectivity index (χ4n) is 7.09. The van der Waals surface area contributed by atoms with Crippen LogP contribution in [0.4, 0.5) is 5.69 Å². The maximum absolute atomic E-state index is 14.0. The van der Waals surface area contributed by atoms with Crippen molar-refractivity contribution < 1.29 is 39.8 Å². The number of aliphatic hydroxyl groups excluding tert-OH is 1. The molecule has 274 valence electrons. The summed E-state index contributed by atoms with van der Waals surface area (Å²) in [6, 6.07) is 19.3. The van der Waals surface area contributed by atoms with E-state index in [1.165, 1.54) is 13.2 Å². The van der Waals surface area contributed by atoms with Gasteiger partial charge in [-0.2, -0.15) is 0 Å². The zero-order chi connectivity index (χ0) is 36.6. The fourth-order valence-corrected chi connectivity index (χ4v) is 7.09. The van der Waals surface area contributed by atoms with Crippen LogP contribution in [-0.4, -0.2) is 57.2 Å². The lowest BCUT2D eigenvalue weighted by atomic mass is 9.84. The number of ketones is 1. The van der Waals surface area contributed by atoms with Gasteiger partial charge in [0.25, 0.3) is 0 Å². The Bertz CT molecular complexity index is 1950. The van der Waals surface area contributed by atoms with E-state index in [1.807, 2.05) is 36.4 Å². The number of carbonyl (C=O) groups excluding carboxylic acids is 1. The molecular formula is C42H48N2O8. The van der Waals surface area contributed by atoms with E-state index in [9.17, 15) is 30.3 Å². The van der Waals surface area contributed by atoms with E-state index >= 15 is 0 Å². The molecular weight excluding hydrogens is 660 g/mol. The van der Waals surface area contributed by atoms with Gasteiger partial charge in [0.15, 0.2) is 23.0 Å². The number of rotatable bonds is 15. The predicted octanol–water partition coefficient (Wildman–Crippen LogP) is 7.37. The molecule has 6 rings (SSSR count). The van der Waals surface area contributed by atoms with Crippen LogP contribution in [0.25, 0.3) is 10.8 Å². The number of nitrogens with one attached hydrogen (secondary N) is 2. The van der Waals surface area contributed by atoms with Crippen molar-refractivity contribution in [2.24, 2.45) is 5.92 Å². The summed E-state index contributed by atoms with van der Waals surface area (Å²) in [5.74, 6) is 0.174. The highest BCUT2D eigenvalue weighted by Gasteiger charge is 2.28. The summed E-state index contributed by atoms with van der Waals surface area (Å²) < 4.78 is 11.3. The molecule has 10 heteroatoms. The molecule has 4 aromatic rings. The number of hydrogen-bond acceptors (Lipinski definition) is 10. The maximum Gasteiger partial charge on any atom is 0.200 e. The second-order valence-electron chi connectivity index (χ2n) is 13.8. The Kier molecular flexibility index (Phi) is 11.8. The van der Waals surface area contributed by atoms with Gasteiger partial charge in [0.1, 0.15) is 17.4 Å². The molecule has 0 aromatic heterocycles. The Balaban J connectivity index is 1.17. The third kappa shape index (κ3) is 9.30. The molecule has 1 aliphatic carbocycles. The smallest absolute Gasteiger partial charge is 0.200 e. The molecule has 0 spiro atoms. The number of fused-ring (bicyclic) bond motifs is 1. The highest BCUT2D eigenvalue weighted by molar-refractivity contribution is 5.87. The molecule has 0 amide bonds. The average Bonchev–Trinajstić information content (AvgIpc) is 3.15. The molecule has 10 nitrogen and oxygen atoms in total. The van der Waals surface area contributed by atoms with Gasteiger partial charge in [-0.25, -0.2) is 0 Å². The number of aryl methyl sites for hydroxylation is 2. The largest absolute Gasteiger partial charge is 0.508 e. The normalized spacial score (nSPS) is 16.0. The van der Waals surface area contributed by atoms with Crippen LogP contribution in [0.1, 0.15) is 62.5 Å². The molecule has 1 aliphatic heterocycles. The van der Waals surface area contributed by atoms with Gasteiger partial charge in [-0.15, -0.1) is 0 Å². The number of methoxy groups -OCH3 is 1. The lowest BCUT2D eigenvalue weighted by Gasteiger charge is -2.25. The minimum Gasteiger partial charge on any atom is -0.508 e. The molecule has 4 aromatic carbocycles. The topological polar surface area (TPSA) is 161 Å². The van der Waals surface area contributed by atoms with E-state index < -0.39 is 12.0 Å². The zero-order valence-corrected chi connectivity index (χ0v) is 29.5. The van der Waals surface area contributed by atoms with Crippen LogP contribution in [0.2, 0.25) is 0 Å². The van der Waals surface area contributed by atoms with Gasteiger partial charge in [0.2, 0.25) is 5.75 Å². The third-order valence-corrected chi connectivity index (χ3v) is 10.0. The van der Waals surface area contributed by atoms with Crippen LogP contribution in [-0.2, 0) is 17.6 Å².